The molecule has 7 heteroatoms. The number of hydrogen-bond acceptors (Lipinski definition) is 4. The summed E-state index contributed by atoms with van der Waals surface area (Å²) in [6, 6.07) is -3.37. The van der Waals surface area contributed by atoms with Crippen molar-refractivity contribution in [3.63, 3.8) is 0 Å². The maximum absolute atomic E-state index is 12.2. The molecule has 0 aromatic rings. The Morgan fingerprint density at radius 1 is 0.615 bits per heavy atom. The number of hydrogen-bond donors (Lipinski definition) is 2. The number of aliphatic carboxylic acids is 3. The van der Waals surface area contributed by atoms with E-state index in [0.717, 1.165) is 25.7 Å². The van der Waals surface area contributed by atoms with Crippen LogP contribution in [0, 0.1) is 0 Å². The predicted molar refractivity (Wildman–Crippen MR) is 156 cm³/mol. The van der Waals surface area contributed by atoms with Crippen LogP contribution in [-0.2, 0) is 14.4 Å². The van der Waals surface area contributed by atoms with E-state index in [4.69, 9.17) is 0 Å². The van der Waals surface area contributed by atoms with Gasteiger partial charge < -0.3 is 20.1 Å². The summed E-state index contributed by atoms with van der Waals surface area (Å²) in [5, 5.41) is 32.1. The molecule has 0 rings (SSSR count). The maximum Gasteiger partial charge on any atom is 0.362 e. The van der Waals surface area contributed by atoms with Crippen LogP contribution >= 0.6 is 0 Å². The second kappa shape index (κ2) is 22.9. The molecule has 39 heavy (non-hydrogen) atoms. The lowest BCUT2D eigenvalue weighted by molar-refractivity contribution is -0.974. The van der Waals surface area contributed by atoms with Crippen molar-refractivity contribution < 1.29 is 34.2 Å². The summed E-state index contributed by atoms with van der Waals surface area (Å²) in [6.07, 6.45) is 22.7. The summed E-state index contributed by atoms with van der Waals surface area (Å²) in [4.78, 5) is 36.6. The Kier molecular flexibility index (Phi) is 21.8. The Bertz CT molecular complexity index is 625. The van der Waals surface area contributed by atoms with E-state index in [1.54, 1.807) is 20.8 Å². The topological polar surface area (TPSA) is 115 Å². The molecule has 0 radical (unpaired) electrons. The summed E-state index contributed by atoms with van der Waals surface area (Å²) in [5.41, 5.74) is 0. The van der Waals surface area contributed by atoms with Crippen LogP contribution in [0.5, 0.6) is 0 Å². The first-order valence-corrected chi connectivity index (χ1v) is 15.9. The molecular weight excluding hydrogens is 494 g/mol. The van der Waals surface area contributed by atoms with Gasteiger partial charge in [-0.15, -0.1) is 6.58 Å². The van der Waals surface area contributed by atoms with Gasteiger partial charge in [0.15, 0.2) is 12.1 Å². The van der Waals surface area contributed by atoms with Gasteiger partial charge in [-0.25, -0.2) is 9.59 Å². The minimum atomic E-state index is -1.36. The highest BCUT2D eigenvalue weighted by Crippen LogP contribution is 2.32. The minimum Gasteiger partial charge on any atom is -0.544 e. The van der Waals surface area contributed by atoms with E-state index in [1.807, 2.05) is 6.08 Å². The van der Waals surface area contributed by atoms with E-state index in [1.165, 1.54) is 77.0 Å². The zero-order valence-electron chi connectivity index (χ0n) is 25.3. The molecular formula is C32H59NO6. The van der Waals surface area contributed by atoms with Crippen LogP contribution in [-0.4, -0.2) is 57.3 Å². The zero-order valence-corrected chi connectivity index (χ0v) is 25.3. The van der Waals surface area contributed by atoms with Crippen LogP contribution < -0.4 is 5.11 Å². The summed E-state index contributed by atoms with van der Waals surface area (Å²) >= 11 is 0. The molecule has 0 saturated carbocycles. The van der Waals surface area contributed by atoms with Crippen molar-refractivity contribution in [3.8, 4) is 0 Å². The number of carbonyl (C=O) groups is 3. The highest BCUT2D eigenvalue weighted by atomic mass is 16.4. The minimum absolute atomic E-state index is 0.131. The number of carboxylic acids is 3. The number of carbonyl (C=O) groups excluding carboxylic acids is 1. The third-order valence-electron chi connectivity index (χ3n) is 8.45. The van der Waals surface area contributed by atoms with Gasteiger partial charge in [0.1, 0.15) is 6.04 Å². The first kappa shape index (κ1) is 37.1. The Labute approximate surface area is 238 Å². The predicted octanol–water partition coefficient (Wildman–Crippen LogP) is 6.88. The van der Waals surface area contributed by atoms with Crippen LogP contribution in [0.15, 0.2) is 12.7 Å². The van der Waals surface area contributed by atoms with Crippen molar-refractivity contribution in [1.82, 2.24) is 0 Å². The highest BCUT2D eigenvalue weighted by Gasteiger charge is 2.53. The lowest BCUT2D eigenvalue weighted by Crippen LogP contribution is -2.73. The van der Waals surface area contributed by atoms with Gasteiger partial charge in [0, 0.05) is 19.3 Å². The first-order valence-electron chi connectivity index (χ1n) is 15.9. The van der Waals surface area contributed by atoms with E-state index >= 15 is 0 Å². The van der Waals surface area contributed by atoms with E-state index in [0.29, 0.717) is 6.42 Å². The molecule has 7 nitrogen and oxygen atoms in total. The second-order valence-corrected chi connectivity index (χ2v) is 11.2. The smallest absolute Gasteiger partial charge is 0.362 e. The number of nitrogens with zero attached hydrogens (tertiary/aromatic N) is 1. The summed E-state index contributed by atoms with van der Waals surface area (Å²) in [7, 11) is 0. The summed E-state index contributed by atoms with van der Waals surface area (Å²) in [6.45, 7) is 9.03. The summed E-state index contributed by atoms with van der Waals surface area (Å²) in [5.74, 6) is -3.65. The maximum atomic E-state index is 12.2. The quantitative estimate of drug-likeness (QED) is 0.0620. The van der Waals surface area contributed by atoms with E-state index < -0.39 is 40.5 Å². The molecule has 0 aromatic carbocycles. The van der Waals surface area contributed by atoms with Gasteiger partial charge >= 0.3 is 11.9 Å². The third kappa shape index (κ3) is 13.8. The van der Waals surface area contributed by atoms with Crippen molar-refractivity contribution in [2.75, 3.05) is 6.54 Å². The fourth-order valence-corrected chi connectivity index (χ4v) is 6.41. The van der Waals surface area contributed by atoms with Crippen LogP contribution in [0.4, 0.5) is 0 Å². The molecule has 0 saturated heterocycles. The molecule has 0 aliphatic carbocycles. The molecule has 0 spiro atoms. The van der Waals surface area contributed by atoms with Crippen molar-refractivity contribution >= 4 is 17.9 Å². The number of rotatable bonds is 28. The van der Waals surface area contributed by atoms with E-state index in [-0.39, 0.29) is 25.8 Å². The summed E-state index contributed by atoms with van der Waals surface area (Å²) < 4.78 is -0.466. The number of unbranched alkanes of at least 4 members (excludes halogenated alkanes) is 16. The monoisotopic (exact) mass is 553 g/mol. The van der Waals surface area contributed by atoms with Gasteiger partial charge in [0.05, 0.1) is 12.5 Å². The molecule has 0 aromatic heterocycles. The van der Waals surface area contributed by atoms with Gasteiger partial charge in [-0.05, 0) is 25.7 Å². The van der Waals surface area contributed by atoms with E-state index in [2.05, 4.69) is 6.58 Å². The molecule has 0 bridgehead atoms. The van der Waals surface area contributed by atoms with Crippen LogP contribution in [0.1, 0.15) is 149 Å². The standard InChI is InChI=1S/C32H59NO6/c1-5-9-10-11-12-13-14-15-16-17-18-19-20-21-22-23-24-25-26-33(27(6-2)30(34)35,28(7-3)31(36)37)29(8-4)32(38)39/h5,27-29H,1,6-26H2,2-4H3,(H2-,34,35,36,37,38,39). The van der Waals surface area contributed by atoms with Crippen LogP contribution in [0.3, 0.4) is 0 Å². The Balaban J connectivity index is 4.53. The number of allylic oxidation sites excluding steroid dienone is 1. The third-order valence-corrected chi connectivity index (χ3v) is 8.45. The van der Waals surface area contributed by atoms with Crippen LogP contribution in [0.25, 0.3) is 0 Å². The fourth-order valence-electron chi connectivity index (χ4n) is 6.41. The van der Waals surface area contributed by atoms with Crippen molar-refractivity contribution in [2.24, 2.45) is 0 Å². The molecule has 0 aliphatic rings. The first-order chi connectivity index (χ1) is 18.7. The van der Waals surface area contributed by atoms with E-state index in [9.17, 15) is 29.7 Å². The van der Waals surface area contributed by atoms with Gasteiger partial charge in [0.25, 0.3) is 0 Å². The molecule has 3 unspecified atom stereocenters. The SMILES string of the molecule is C=CCCCCCCCCCCCCCCCCCC[N+](C(CC)C(=O)[O-])(C(CC)C(=O)O)C(CC)C(=O)O. The van der Waals surface area contributed by atoms with Gasteiger partial charge in [-0.3, -0.25) is 4.48 Å². The van der Waals surface area contributed by atoms with Gasteiger partial charge in [0.2, 0.25) is 0 Å². The number of carboxylic acid groups (broad SMARTS) is 3. The van der Waals surface area contributed by atoms with Crippen molar-refractivity contribution in [3.05, 3.63) is 12.7 Å². The molecule has 0 amide bonds. The molecule has 2 N–H and O–H groups in total. The zero-order chi connectivity index (χ0) is 29.5. The van der Waals surface area contributed by atoms with Crippen molar-refractivity contribution in [2.45, 2.75) is 167 Å². The molecule has 228 valence electrons. The molecule has 0 fully saturated rings. The lowest BCUT2D eigenvalue weighted by Gasteiger charge is -2.51. The second-order valence-electron chi connectivity index (χ2n) is 11.2. The van der Waals surface area contributed by atoms with Gasteiger partial charge in [-0.1, -0.05) is 110 Å². The lowest BCUT2D eigenvalue weighted by atomic mass is 9.93. The fraction of sp³-hybridized carbons (Fsp3) is 0.844. The van der Waals surface area contributed by atoms with Crippen molar-refractivity contribution in [1.29, 1.82) is 0 Å². The van der Waals surface area contributed by atoms with Gasteiger partial charge in [-0.2, -0.15) is 0 Å². The molecule has 0 heterocycles. The van der Waals surface area contributed by atoms with Crippen LogP contribution in [0.2, 0.25) is 0 Å². The Morgan fingerprint density at radius 3 is 1.18 bits per heavy atom. The average Bonchev–Trinajstić information content (AvgIpc) is 2.88. The molecule has 3 atom stereocenters. The normalized spacial score (nSPS) is 15.3. The Morgan fingerprint density at radius 2 is 0.923 bits per heavy atom. The average molecular weight is 554 g/mol. The Hall–Kier alpha value is -1.89. The highest BCUT2D eigenvalue weighted by molar-refractivity contribution is 5.77. The molecule has 0 aliphatic heterocycles. The largest absolute Gasteiger partial charge is 0.544 e. The number of quaternary nitrogens is 1.